The van der Waals surface area contributed by atoms with E-state index in [-0.39, 0.29) is 35.6 Å². The molecular weight excluding hydrogens is 506 g/mol. The van der Waals surface area contributed by atoms with E-state index in [1.54, 1.807) is 24.0 Å². The number of thioether (sulfide) groups is 1. The van der Waals surface area contributed by atoms with Crippen LogP contribution in [0.5, 0.6) is 5.75 Å². The number of ether oxygens (including phenoxy) is 1. The number of phenols is 1. The van der Waals surface area contributed by atoms with Gasteiger partial charge in [-0.25, -0.2) is 0 Å². The zero-order chi connectivity index (χ0) is 27.0. The molecular formula is C28H33N3O6S. The molecule has 5 rings (SSSR count). The van der Waals surface area contributed by atoms with E-state index in [4.69, 9.17) is 4.74 Å². The summed E-state index contributed by atoms with van der Waals surface area (Å²) >= 11 is 1.50. The van der Waals surface area contributed by atoms with Crippen LogP contribution in [0.15, 0.2) is 48.5 Å². The van der Waals surface area contributed by atoms with Crippen molar-refractivity contribution in [3.63, 3.8) is 0 Å². The molecule has 1 unspecified atom stereocenters. The number of carbonyl (C=O) groups excluding carboxylic acids is 3. The Morgan fingerprint density at radius 1 is 1.21 bits per heavy atom. The second kappa shape index (κ2) is 10.6. The molecule has 2 aromatic rings. The predicted octanol–water partition coefficient (Wildman–Crippen LogP) is 2.04. The highest BCUT2D eigenvalue weighted by Crippen LogP contribution is 2.50. The average Bonchev–Trinajstić information content (AvgIpc) is 3.54. The summed E-state index contributed by atoms with van der Waals surface area (Å²) in [5.74, 6) is -0.993. The molecule has 3 heterocycles. The van der Waals surface area contributed by atoms with Gasteiger partial charge in [-0.15, -0.1) is 11.8 Å². The van der Waals surface area contributed by atoms with E-state index in [1.165, 1.54) is 22.7 Å². The summed E-state index contributed by atoms with van der Waals surface area (Å²) in [6.07, 6.45) is 0.543. The van der Waals surface area contributed by atoms with E-state index >= 15 is 0 Å². The molecule has 3 aliphatic heterocycles. The molecule has 9 nitrogen and oxygen atoms in total. The van der Waals surface area contributed by atoms with Crippen LogP contribution >= 0.6 is 11.8 Å². The number of amides is 3. The van der Waals surface area contributed by atoms with Gasteiger partial charge in [0, 0.05) is 24.3 Å². The third-order valence-electron chi connectivity index (χ3n) is 7.84. The van der Waals surface area contributed by atoms with E-state index in [0.29, 0.717) is 18.7 Å². The van der Waals surface area contributed by atoms with Gasteiger partial charge in [-0.3, -0.25) is 14.4 Å². The lowest BCUT2D eigenvalue weighted by Crippen LogP contribution is -2.74. The minimum atomic E-state index is -1.57. The molecule has 0 aromatic heterocycles. The first-order valence-electron chi connectivity index (χ1n) is 12.9. The highest BCUT2D eigenvalue weighted by Gasteiger charge is 2.65. The number of nitrogens with zero attached hydrogens (tertiary/aromatic N) is 2. The number of aromatic hydroxyl groups is 1. The van der Waals surface area contributed by atoms with Gasteiger partial charge in [0.05, 0.1) is 18.0 Å². The van der Waals surface area contributed by atoms with Gasteiger partial charge in [0.1, 0.15) is 16.7 Å². The van der Waals surface area contributed by atoms with Crippen molar-refractivity contribution in [2.75, 3.05) is 19.0 Å². The smallest absolute Gasteiger partial charge is 0.255 e. The summed E-state index contributed by atoms with van der Waals surface area (Å²) in [6.45, 7) is 4.78. The van der Waals surface area contributed by atoms with Gasteiger partial charge in [-0.1, -0.05) is 36.4 Å². The SMILES string of the molecule is Cc1c(O)cccc1C(=O)N[C@@H](Cc1ccccc1)[C@H](O)C(=O)N1CSC2(C)[C@H]1C(=O)N2C[C@@H]1CCCO1. The number of hydrogen-bond donors (Lipinski definition) is 3. The fourth-order valence-corrected chi connectivity index (χ4v) is 6.94. The van der Waals surface area contributed by atoms with Gasteiger partial charge >= 0.3 is 0 Å². The summed E-state index contributed by atoms with van der Waals surface area (Å²) in [4.78, 5) is 42.6. The first-order chi connectivity index (χ1) is 18.2. The average molecular weight is 540 g/mol. The number of likely N-dealkylation sites (tertiary alicyclic amines) is 1. The standard InChI is InChI=1S/C28H33N3O6S/c1-17-20(11-6-12-22(17)32)25(34)29-21(14-18-8-4-3-5-9-18)23(33)26(35)30-16-38-28(2)24(30)27(36)31(28)15-19-10-7-13-37-19/h3-6,8-9,11-12,19,21,23-24,32-33H,7,10,13-16H2,1-2H3,(H,29,34)/t19-,21-,23-,24+,28?/m0/s1. The Morgan fingerprint density at radius 3 is 2.68 bits per heavy atom. The van der Waals surface area contributed by atoms with Gasteiger partial charge < -0.3 is 30.1 Å². The zero-order valence-electron chi connectivity index (χ0n) is 21.5. The fourth-order valence-electron chi connectivity index (χ4n) is 5.55. The number of nitrogens with one attached hydrogen (secondary N) is 1. The van der Waals surface area contributed by atoms with Crippen molar-refractivity contribution in [3.8, 4) is 5.75 Å². The maximum Gasteiger partial charge on any atom is 0.255 e. The van der Waals surface area contributed by atoms with Crippen LogP contribution in [0.3, 0.4) is 0 Å². The maximum absolute atomic E-state index is 13.6. The summed E-state index contributed by atoms with van der Waals surface area (Å²) < 4.78 is 5.71. The van der Waals surface area contributed by atoms with Crippen molar-refractivity contribution in [2.24, 2.45) is 0 Å². The van der Waals surface area contributed by atoms with Gasteiger partial charge in [0.2, 0.25) is 5.91 Å². The zero-order valence-corrected chi connectivity index (χ0v) is 22.3. The van der Waals surface area contributed by atoms with Gasteiger partial charge in [-0.05, 0) is 50.8 Å². The summed E-state index contributed by atoms with van der Waals surface area (Å²) in [7, 11) is 0. The molecule has 3 amide bonds. The summed E-state index contributed by atoms with van der Waals surface area (Å²) in [5.41, 5.74) is 1.49. The van der Waals surface area contributed by atoms with E-state index in [0.717, 1.165) is 18.4 Å². The highest BCUT2D eigenvalue weighted by atomic mass is 32.2. The summed E-state index contributed by atoms with van der Waals surface area (Å²) in [6, 6.07) is 12.3. The number of hydrogen-bond acceptors (Lipinski definition) is 7. The Hall–Kier alpha value is -3.08. The first-order valence-corrected chi connectivity index (χ1v) is 13.9. The molecule has 38 heavy (non-hydrogen) atoms. The number of phenolic OH excluding ortho intramolecular Hbond substituents is 1. The van der Waals surface area contributed by atoms with Crippen LogP contribution in [-0.4, -0.2) is 85.9 Å². The Morgan fingerprint density at radius 2 is 1.97 bits per heavy atom. The van der Waals surface area contributed by atoms with Crippen LogP contribution in [0.1, 0.15) is 41.3 Å². The van der Waals surface area contributed by atoms with E-state index < -0.39 is 34.9 Å². The fraction of sp³-hybridized carbons (Fsp3) is 0.464. The number of aliphatic hydroxyl groups is 1. The molecule has 3 N–H and O–H groups in total. The van der Waals surface area contributed by atoms with Gasteiger partial charge in [0.25, 0.3) is 11.8 Å². The highest BCUT2D eigenvalue weighted by molar-refractivity contribution is 8.01. The number of benzene rings is 2. The van der Waals surface area contributed by atoms with Crippen molar-refractivity contribution in [3.05, 3.63) is 65.2 Å². The van der Waals surface area contributed by atoms with Crippen molar-refractivity contribution < 1.29 is 29.3 Å². The van der Waals surface area contributed by atoms with Crippen LogP contribution in [0.4, 0.5) is 0 Å². The Kier molecular flexibility index (Phi) is 7.39. The third-order valence-corrected chi connectivity index (χ3v) is 9.28. The second-order valence-electron chi connectivity index (χ2n) is 10.3. The first kappa shape index (κ1) is 26.5. The van der Waals surface area contributed by atoms with Crippen LogP contribution in [-0.2, 0) is 20.7 Å². The Bertz CT molecular complexity index is 1220. The monoisotopic (exact) mass is 539 g/mol. The van der Waals surface area contributed by atoms with E-state index in [2.05, 4.69) is 5.32 Å². The van der Waals surface area contributed by atoms with Crippen LogP contribution in [0, 0.1) is 6.92 Å². The molecule has 3 aliphatic rings. The molecule has 2 aromatic carbocycles. The number of carbonyl (C=O) groups is 3. The molecule has 202 valence electrons. The number of fused-ring (bicyclic) bond motifs is 1. The van der Waals surface area contributed by atoms with Crippen molar-refractivity contribution in [1.82, 2.24) is 15.1 Å². The van der Waals surface area contributed by atoms with E-state index in [9.17, 15) is 24.6 Å². The molecule has 3 saturated heterocycles. The maximum atomic E-state index is 13.6. The largest absolute Gasteiger partial charge is 0.508 e. The lowest BCUT2D eigenvalue weighted by Gasteiger charge is -2.53. The molecule has 3 fully saturated rings. The molecule has 5 atom stereocenters. The minimum Gasteiger partial charge on any atom is -0.508 e. The minimum absolute atomic E-state index is 0.0130. The quantitative estimate of drug-likeness (QED) is 0.439. The normalized spacial score (nSPS) is 26.0. The van der Waals surface area contributed by atoms with Crippen LogP contribution < -0.4 is 5.32 Å². The second-order valence-corrected chi connectivity index (χ2v) is 11.7. The lowest BCUT2D eigenvalue weighted by molar-refractivity contribution is -0.169. The van der Waals surface area contributed by atoms with Crippen LogP contribution in [0.25, 0.3) is 0 Å². The molecule has 0 aliphatic carbocycles. The van der Waals surface area contributed by atoms with Gasteiger partial charge in [0.15, 0.2) is 6.10 Å². The van der Waals surface area contributed by atoms with E-state index in [1.807, 2.05) is 37.3 Å². The Labute approximate surface area is 226 Å². The Balaban J connectivity index is 1.33. The molecule has 0 bridgehead atoms. The number of aliphatic hydroxyl groups excluding tert-OH is 1. The summed E-state index contributed by atoms with van der Waals surface area (Å²) in [5, 5.41) is 24.2. The van der Waals surface area contributed by atoms with Crippen molar-refractivity contribution in [1.29, 1.82) is 0 Å². The molecule has 0 radical (unpaired) electrons. The number of rotatable bonds is 8. The van der Waals surface area contributed by atoms with Crippen molar-refractivity contribution >= 4 is 29.5 Å². The topological polar surface area (TPSA) is 119 Å². The molecule has 0 spiro atoms. The predicted molar refractivity (Wildman–Crippen MR) is 142 cm³/mol. The molecule has 10 heteroatoms. The van der Waals surface area contributed by atoms with Gasteiger partial charge in [-0.2, -0.15) is 0 Å². The molecule has 0 saturated carbocycles. The van der Waals surface area contributed by atoms with Crippen molar-refractivity contribution in [2.45, 2.75) is 62.3 Å². The third kappa shape index (κ3) is 4.76. The van der Waals surface area contributed by atoms with Crippen LogP contribution in [0.2, 0.25) is 0 Å². The number of β-lactam (4-membered cyclic amide) rings is 1. The lowest BCUT2D eigenvalue weighted by atomic mass is 9.92.